The van der Waals surface area contributed by atoms with Crippen LogP contribution in [-0.4, -0.2) is 5.91 Å². The average Bonchev–Trinajstić information content (AvgIpc) is 3.18. The van der Waals surface area contributed by atoms with Gasteiger partial charge < -0.3 is 9.15 Å². The van der Waals surface area contributed by atoms with E-state index in [0.29, 0.717) is 33.7 Å². The van der Waals surface area contributed by atoms with Gasteiger partial charge in [-0.3, -0.25) is 14.5 Å². The molecule has 5 nitrogen and oxygen atoms in total. The molecule has 35 heavy (non-hydrogen) atoms. The number of hydrogen-bond acceptors (Lipinski definition) is 4. The third-order valence-electron chi connectivity index (χ3n) is 6.21. The summed E-state index contributed by atoms with van der Waals surface area (Å²) in [6.07, 6.45) is 0. The van der Waals surface area contributed by atoms with Gasteiger partial charge in [-0.25, -0.2) is 0 Å². The van der Waals surface area contributed by atoms with E-state index in [0.717, 1.165) is 11.1 Å². The average molecular weight is 460 g/mol. The van der Waals surface area contributed by atoms with Crippen molar-refractivity contribution in [2.45, 2.75) is 13.0 Å². The van der Waals surface area contributed by atoms with Crippen LogP contribution in [0.15, 0.2) is 112 Å². The molecule has 0 radical (unpaired) electrons. The van der Waals surface area contributed by atoms with E-state index in [2.05, 4.69) is 0 Å². The summed E-state index contributed by atoms with van der Waals surface area (Å²) in [5.41, 5.74) is 2.94. The first-order valence-corrected chi connectivity index (χ1v) is 11.4. The monoisotopic (exact) mass is 459 g/mol. The molecule has 0 fully saturated rings. The predicted molar refractivity (Wildman–Crippen MR) is 135 cm³/mol. The van der Waals surface area contributed by atoms with Crippen LogP contribution in [-0.2, 0) is 0 Å². The van der Waals surface area contributed by atoms with Gasteiger partial charge in [0.1, 0.15) is 17.1 Å². The van der Waals surface area contributed by atoms with Crippen molar-refractivity contribution in [1.82, 2.24) is 0 Å². The number of benzene rings is 4. The molecule has 1 aromatic heterocycles. The summed E-state index contributed by atoms with van der Waals surface area (Å²) in [5, 5.41) is 0.466. The lowest BCUT2D eigenvalue weighted by atomic mass is 9.97. The van der Waals surface area contributed by atoms with E-state index in [9.17, 15) is 9.59 Å². The van der Waals surface area contributed by atoms with Crippen LogP contribution in [0.5, 0.6) is 11.5 Å². The number of rotatable bonds is 4. The molecule has 0 spiro atoms. The van der Waals surface area contributed by atoms with E-state index in [1.54, 1.807) is 11.0 Å². The van der Waals surface area contributed by atoms with Crippen molar-refractivity contribution >= 4 is 22.6 Å². The molecule has 0 saturated heterocycles. The third kappa shape index (κ3) is 3.58. The molecule has 5 heteroatoms. The number of para-hydroxylation sites is 2. The van der Waals surface area contributed by atoms with E-state index < -0.39 is 6.04 Å². The van der Waals surface area contributed by atoms with E-state index in [4.69, 9.17) is 9.15 Å². The molecule has 1 aliphatic heterocycles. The Morgan fingerprint density at radius 3 is 2.26 bits per heavy atom. The van der Waals surface area contributed by atoms with Gasteiger partial charge in [-0.05, 0) is 61.0 Å². The number of aryl methyl sites for hydroxylation is 1. The minimum absolute atomic E-state index is 0.0783. The Balaban J connectivity index is 1.56. The van der Waals surface area contributed by atoms with E-state index >= 15 is 0 Å². The molecule has 4 aromatic carbocycles. The van der Waals surface area contributed by atoms with Crippen molar-refractivity contribution in [3.05, 3.63) is 136 Å². The first-order valence-electron chi connectivity index (χ1n) is 11.4. The van der Waals surface area contributed by atoms with Gasteiger partial charge in [0.05, 0.1) is 17.0 Å². The molecule has 2 heterocycles. The Morgan fingerprint density at radius 1 is 0.771 bits per heavy atom. The second-order valence-corrected chi connectivity index (χ2v) is 8.57. The van der Waals surface area contributed by atoms with Crippen molar-refractivity contribution < 1.29 is 13.9 Å². The molecule has 170 valence electrons. The maximum atomic E-state index is 13.8. The van der Waals surface area contributed by atoms with Gasteiger partial charge in [-0.15, -0.1) is 0 Å². The van der Waals surface area contributed by atoms with Gasteiger partial charge in [-0.1, -0.05) is 60.2 Å². The molecule has 1 aliphatic rings. The van der Waals surface area contributed by atoms with E-state index in [-0.39, 0.29) is 17.1 Å². The second kappa shape index (κ2) is 8.29. The number of ether oxygens (including phenoxy) is 1. The Hall–Kier alpha value is -4.64. The van der Waals surface area contributed by atoms with E-state index in [1.165, 1.54) is 0 Å². The Kier molecular flexibility index (Phi) is 4.96. The summed E-state index contributed by atoms with van der Waals surface area (Å²) >= 11 is 0. The van der Waals surface area contributed by atoms with Gasteiger partial charge in [0.15, 0.2) is 5.43 Å². The maximum absolute atomic E-state index is 13.8. The number of carbonyl (C=O) groups is 1. The number of hydrogen-bond donors (Lipinski definition) is 0. The van der Waals surface area contributed by atoms with Crippen molar-refractivity contribution in [1.29, 1.82) is 0 Å². The summed E-state index contributed by atoms with van der Waals surface area (Å²) in [4.78, 5) is 29.1. The minimum Gasteiger partial charge on any atom is -0.457 e. The summed E-state index contributed by atoms with van der Waals surface area (Å²) in [5.74, 6) is 1.05. The zero-order chi connectivity index (χ0) is 23.9. The lowest BCUT2D eigenvalue weighted by Crippen LogP contribution is -2.29. The zero-order valence-corrected chi connectivity index (χ0v) is 19.0. The SMILES string of the molecule is Cc1ccc2oc3c(c(=O)c2c1)C(c1cccc(Oc2ccccc2)c1)N(c1ccccc1)C3=O. The zero-order valence-electron chi connectivity index (χ0n) is 19.0. The van der Waals surface area contributed by atoms with Crippen LogP contribution in [0.3, 0.4) is 0 Å². The topological polar surface area (TPSA) is 59.8 Å². The second-order valence-electron chi connectivity index (χ2n) is 8.57. The van der Waals surface area contributed by atoms with Crippen LogP contribution in [0.25, 0.3) is 11.0 Å². The van der Waals surface area contributed by atoms with Crippen LogP contribution < -0.4 is 15.1 Å². The number of anilines is 1. The van der Waals surface area contributed by atoms with Crippen molar-refractivity contribution in [3.63, 3.8) is 0 Å². The highest BCUT2D eigenvalue weighted by Gasteiger charge is 2.43. The highest BCUT2D eigenvalue weighted by Crippen LogP contribution is 2.42. The molecule has 0 aliphatic carbocycles. The van der Waals surface area contributed by atoms with Crippen LogP contribution in [0.4, 0.5) is 5.69 Å². The standard InChI is InChI=1S/C30H21NO4/c1-19-15-16-25-24(17-19)28(32)26-27(31(30(33)29(26)35-25)21-10-4-2-5-11-21)20-9-8-14-23(18-20)34-22-12-6-3-7-13-22/h2-18,27H,1H3. The maximum Gasteiger partial charge on any atom is 0.295 e. The number of carbonyl (C=O) groups excluding carboxylic acids is 1. The van der Waals surface area contributed by atoms with E-state index in [1.807, 2.05) is 104 Å². The van der Waals surface area contributed by atoms with Gasteiger partial charge >= 0.3 is 0 Å². The van der Waals surface area contributed by atoms with Crippen molar-refractivity contribution in [2.24, 2.45) is 0 Å². The molecule has 0 saturated carbocycles. The predicted octanol–water partition coefficient (Wildman–Crippen LogP) is 6.64. The molecule has 1 amide bonds. The van der Waals surface area contributed by atoms with Crippen LogP contribution in [0, 0.1) is 6.92 Å². The lowest BCUT2D eigenvalue weighted by Gasteiger charge is -2.25. The fourth-order valence-corrected chi connectivity index (χ4v) is 4.63. The van der Waals surface area contributed by atoms with Crippen LogP contribution >= 0.6 is 0 Å². The number of nitrogens with zero attached hydrogens (tertiary/aromatic N) is 1. The summed E-state index contributed by atoms with van der Waals surface area (Å²) in [7, 11) is 0. The first kappa shape index (κ1) is 20.9. The highest BCUT2D eigenvalue weighted by atomic mass is 16.5. The third-order valence-corrected chi connectivity index (χ3v) is 6.21. The smallest absolute Gasteiger partial charge is 0.295 e. The fourth-order valence-electron chi connectivity index (χ4n) is 4.63. The van der Waals surface area contributed by atoms with Crippen LogP contribution in [0.2, 0.25) is 0 Å². The van der Waals surface area contributed by atoms with Gasteiger partial charge in [-0.2, -0.15) is 0 Å². The lowest BCUT2D eigenvalue weighted by molar-refractivity contribution is 0.0971. The summed E-state index contributed by atoms with van der Waals surface area (Å²) < 4.78 is 12.1. The molecular formula is C30H21NO4. The molecule has 0 N–H and O–H groups in total. The number of amides is 1. The Bertz CT molecular complexity index is 1620. The Labute approximate surface area is 201 Å². The number of fused-ring (bicyclic) bond motifs is 2. The van der Waals surface area contributed by atoms with Gasteiger partial charge in [0.2, 0.25) is 5.76 Å². The van der Waals surface area contributed by atoms with Crippen molar-refractivity contribution in [2.75, 3.05) is 4.90 Å². The summed E-state index contributed by atoms with van der Waals surface area (Å²) in [6.45, 7) is 1.93. The van der Waals surface area contributed by atoms with Crippen LogP contribution in [0.1, 0.15) is 33.3 Å². The van der Waals surface area contributed by atoms with Crippen molar-refractivity contribution in [3.8, 4) is 11.5 Å². The molecule has 1 atom stereocenters. The molecule has 1 unspecified atom stereocenters. The summed E-state index contributed by atoms with van der Waals surface area (Å²) in [6, 6.07) is 31.1. The quantitative estimate of drug-likeness (QED) is 0.302. The first-order chi connectivity index (χ1) is 17.1. The molecule has 0 bridgehead atoms. The minimum atomic E-state index is -0.652. The fraction of sp³-hybridized carbons (Fsp3) is 0.0667. The van der Waals surface area contributed by atoms with Gasteiger partial charge in [0.25, 0.3) is 5.91 Å². The normalized spacial score (nSPS) is 14.8. The molecular weight excluding hydrogens is 438 g/mol. The Morgan fingerprint density at radius 2 is 1.49 bits per heavy atom. The molecule has 5 aromatic rings. The highest BCUT2D eigenvalue weighted by molar-refractivity contribution is 6.10. The largest absolute Gasteiger partial charge is 0.457 e. The molecule has 6 rings (SSSR count). The van der Waals surface area contributed by atoms with Gasteiger partial charge in [0, 0.05) is 5.69 Å².